The molecule has 3 atom stereocenters. The normalized spacial score (nSPS) is 13.9. The van der Waals surface area contributed by atoms with E-state index in [2.05, 4.69) is 19.2 Å². The van der Waals surface area contributed by atoms with Crippen LogP contribution in [0.5, 0.6) is 11.5 Å². The maximum Gasteiger partial charge on any atom is 0.222 e. The summed E-state index contributed by atoms with van der Waals surface area (Å²) in [5, 5.41) is 13.2. The first-order chi connectivity index (χ1) is 14.7. The lowest BCUT2D eigenvalue weighted by Gasteiger charge is -2.27. The molecule has 0 saturated carbocycles. The van der Waals surface area contributed by atoms with Crippen LogP contribution in [-0.4, -0.2) is 57.1 Å². The monoisotopic (exact) mass is 474 g/mol. The first-order valence-electron chi connectivity index (χ1n) is 11.2. The quantitative estimate of drug-likeness (QED) is 0.337. The Morgan fingerprint density at radius 3 is 2.38 bits per heavy atom. The Balaban J connectivity index is 0.00000961. The molecule has 32 heavy (non-hydrogen) atoms. The van der Waals surface area contributed by atoms with Crippen molar-refractivity contribution < 1.29 is 24.1 Å². The molecule has 0 saturated heterocycles. The number of hydrogen-bond acceptors (Lipinski definition) is 6. The molecule has 7 nitrogen and oxygen atoms in total. The number of amides is 1. The van der Waals surface area contributed by atoms with Gasteiger partial charge in [0, 0.05) is 38.6 Å². The lowest BCUT2D eigenvalue weighted by molar-refractivity contribution is -0.124. The molecule has 1 aromatic carbocycles. The van der Waals surface area contributed by atoms with Gasteiger partial charge in [0.25, 0.3) is 0 Å². The number of nitrogens with one attached hydrogen (secondary N) is 1. The third-order valence-electron chi connectivity index (χ3n) is 5.50. The van der Waals surface area contributed by atoms with Gasteiger partial charge in [-0.05, 0) is 42.4 Å². The molecule has 0 aliphatic rings. The minimum absolute atomic E-state index is 0. The summed E-state index contributed by atoms with van der Waals surface area (Å²) < 4.78 is 16.4. The Hall–Kier alpha value is -1.54. The molecule has 1 rings (SSSR count). The van der Waals surface area contributed by atoms with Gasteiger partial charge in [0.1, 0.15) is 0 Å². The maximum atomic E-state index is 11.7. The van der Waals surface area contributed by atoms with E-state index in [1.54, 1.807) is 14.2 Å². The number of halogens is 1. The second-order valence-electron chi connectivity index (χ2n) is 8.76. The summed E-state index contributed by atoms with van der Waals surface area (Å²) in [6.45, 7) is 9.34. The van der Waals surface area contributed by atoms with Gasteiger partial charge >= 0.3 is 0 Å². The van der Waals surface area contributed by atoms with Crippen LogP contribution in [0.3, 0.4) is 0 Å². The summed E-state index contributed by atoms with van der Waals surface area (Å²) >= 11 is 0. The van der Waals surface area contributed by atoms with Gasteiger partial charge in [0.2, 0.25) is 5.91 Å². The molecule has 0 aliphatic carbocycles. The van der Waals surface area contributed by atoms with Crippen LogP contribution in [0.2, 0.25) is 0 Å². The summed E-state index contributed by atoms with van der Waals surface area (Å²) in [6.07, 6.45) is 1.50. The molecule has 1 aromatic rings. The van der Waals surface area contributed by atoms with E-state index in [0.29, 0.717) is 31.3 Å². The van der Waals surface area contributed by atoms with E-state index >= 15 is 0 Å². The molecule has 0 spiro atoms. The van der Waals surface area contributed by atoms with Crippen LogP contribution in [0.4, 0.5) is 0 Å². The van der Waals surface area contributed by atoms with E-state index in [-0.39, 0.29) is 36.7 Å². The van der Waals surface area contributed by atoms with Crippen LogP contribution in [0.15, 0.2) is 18.2 Å². The number of nitrogens with two attached hydrogens (primary N) is 1. The van der Waals surface area contributed by atoms with Crippen LogP contribution >= 0.6 is 12.4 Å². The molecule has 0 fully saturated rings. The third kappa shape index (κ3) is 10.9. The van der Waals surface area contributed by atoms with Crippen LogP contribution in [0.1, 0.15) is 46.1 Å². The fraction of sp³-hybridized carbons (Fsp3) is 0.708. The van der Waals surface area contributed by atoms with Crippen molar-refractivity contribution in [1.29, 1.82) is 0 Å². The van der Waals surface area contributed by atoms with Gasteiger partial charge in [0.05, 0.1) is 19.8 Å². The molecule has 186 valence electrons. The molecule has 0 heterocycles. The largest absolute Gasteiger partial charge is 0.493 e. The molecular formula is C24H43ClN2O5. The molecular weight excluding hydrogens is 432 g/mol. The highest BCUT2D eigenvalue weighted by Crippen LogP contribution is 2.31. The summed E-state index contributed by atoms with van der Waals surface area (Å²) in [4.78, 5) is 11.7. The Kier molecular flexibility index (Phi) is 15.4. The fourth-order valence-electron chi connectivity index (χ4n) is 3.31. The number of methoxy groups -OCH3 is 2. The van der Waals surface area contributed by atoms with Crippen molar-refractivity contribution in [1.82, 2.24) is 5.32 Å². The third-order valence-corrected chi connectivity index (χ3v) is 5.50. The summed E-state index contributed by atoms with van der Waals surface area (Å²) in [7, 11) is 3.31. The van der Waals surface area contributed by atoms with Crippen molar-refractivity contribution >= 4 is 18.3 Å². The Bertz CT molecular complexity index is 657. The summed E-state index contributed by atoms with van der Waals surface area (Å²) in [5.41, 5.74) is 7.42. The van der Waals surface area contributed by atoms with Crippen molar-refractivity contribution in [3.8, 4) is 11.5 Å². The summed E-state index contributed by atoms with van der Waals surface area (Å²) in [6, 6.07) is 5.57. The van der Waals surface area contributed by atoms with Gasteiger partial charge < -0.3 is 30.4 Å². The number of carbonyl (C=O) groups excluding carboxylic acids is 1. The van der Waals surface area contributed by atoms with Crippen LogP contribution in [0, 0.1) is 17.8 Å². The van der Waals surface area contributed by atoms with Crippen LogP contribution < -0.4 is 20.5 Å². The standard InChI is InChI=1S/C24H42N2O5.ClH/c1-16(2)19(14-20(25)21(27)15-26-24(28)17(3)4)12-18-8-9-22(30-6)23(13-18)31-11-7-10-29-5;/h8-9,13,16-17,19-21,27H,7,10-12,14-15,25H2,1-6H3,(H,26,28);1H. The molecule has 8 heteroatoms. The SMILES string of the molecule is COCCCOc1cc(CC(CC(N)C(O)CNC(=O)C(C)C)C(C)C)ccc1OC.Cl. The zero-order valence-corrected chi connectivity index (χ0v) is 21.2. The van der Waals surface area contributed by atoms with Gasteiger partial charge in [-0.3, -0.25) is 4.79 Å². The highest BCUT2D eigenvalue weighted by molar-refractivity contribution is 5.85. The number of aliphatic hydroxyl groups is 1. The topological polar surface area (TPSA) is 103 Å². The summed E-state index contributed by atoms with van der Waals surface area (Å²) in [5.74, 6) is 1.89. The van der Waals surface area contributed by atoms with E-state index in [1.165, 1.54) is 0 Å². The minimum atomic E-state index is -0.778. The number of aliphatic hydroxyl groups excluding tert-OH is 1. The van der Waals surface area contributed by atoms with E-state index in [1.807, 2.05) is 32.0 Å². The van der Waals surface area contributed by atoms with E-state index in [4.69, 9.17) is 19.9 Å². The maximum absolute atomic E-state index is 11.7. The number of ether oxygens (including phenoxy) is 3. The smallest absolute Gasteiger partial charge is 0.222 e. The zero-order valence-electron chi connectivity index (χ0n) is 20.4. The first-order valence-corrected chi connectivity index (χ1v) is 11.2. The van der Waals surface area contributed by atoms with Crippen molar-refractivity contribution in [2.45, 2.75) is 59.1 Å². The van der Waals surface area contributed by atoms with E-state index in [9.17, 15) is 9.90 Å². The lowest BCUT2D eigenvalue weighted by Crippen LogP contribution is -2.45. The Morgan fingerprint density at radius 2 is 1.81 bits per heavy atom. The highest BCUT2D eigenvalue weighted by atomic mass is 35.5. The van der Waals surface area contributed by atoms with Crippen molar-refractivity contribution in [3.05, 3.63) is 23.8 Å². The van der Waals surface area contributed by atoms with Crippen molar-refractivity contribution in [3.63, 3.8) is 0 Å². The van der Waals surface area contributed by atoms with Gasteiger partial charge in [-0.1, -0.05) is 33.8 Å². The van der Waals surface area contributed by atoms with E-state index in [0.717, 1.165) is 24.2 Å². The number of rotatable bonds is 15. The van der Waals surface area contributed by atoms with E-state index < -0.39 is 12.1 Å². The highest BCUT2D eigenvalue weighted by Gasteiger charge is 2.23. The zero-order chi connectivity index (χ0) is 23.4. The average Bonchev–Trinajstić information content (AvgIpc) is 2.74. The molecule has 0 radical (unpaired) electrons. The van der Waals surface area contributed by atoms with Gasteiger partial charge in [-0.2, -0.15) is 0 Å². The molecule has 4 N–H and O–H groups in total. The second-order valence-corrected chi connectivity index (χ2v) is 8.76. The second kappa shape index (κ2) is 16.1. The Labute approximate surface area is 199 Å². The average molecular weight is 475 g/mol. The van der Waals surface area contributed by atoms with Crippen molar-refractivity contribution in [2.75, 3.05) is 34.0 Å². The fourth-order valence-corrected chi connectivity index (χ4v) is 3.31. The van der Waals surface area contributed by atoms with Crippen LogP contribution in [-0.2, 0) is 16.0 Å². The number of benzene rings is 1. The number of hydrogen-bond donors (Lipinski definition) is 3. The minimum Gasteiger partial charge on any atom is -0.493 e. The Morgan fingerprint density at radius 1 is 1.12 bits per heavy atom. The van der Waals surface area contributed by atoms with Gasteiger partial charge in [0.15, 0.2) is 11.5 Å². The molecule has 1 amide bonds. The molecule has 0 aliphatic heterocycles. The molecule has 0 bridgehead atoms. The number of carbonyl (C=O) groups is 1. The van der Waals surface area contributed by atoms with Gasteiger partial charge in [-0.15, -0.1) is 12.4 Å². The lowest BCUT2D eigenvalue weighted by atomic mass is 9.83. The van der Waals surface area contributed by atoms with Crippen molar-refractivity contribution in [2.24, 2.45) is 23.5 Å². The molecule has 3 unspecified atom stereocenters. The van der Waals surface area contributed by atoms with Gasteiger partial charge in [-0.25, -0.2) is 0 Å². The predicted molar refractivity (Wildman–Crippen MR) is 131 cm³/mol. The predicted octanol–water partition coefficient (Wildman–Crippen LogP) is 3.20. The first kappa shape index (κ1) is 30.5. The van der Waals surface area contributed by atoms with Crippen LogP contribution in [0.25, 0.3) is 0 Å². The molecule has 0 aromatic heterocycles.